The van der Waals surface area contributed by atoms with Crippen LogP contribution in [0, 0.1) is 45.3 Å². The minimum absolute atomic E-state index is 0.267. The van der Waals surface area contributed by atoms with Crippen molar-refractivity contribution in [1.29, 1.82) is 21.0 Å². The highest BCUT2D eigenvalue weighted by Crippen LogP contribution is 2.40. The first-order chi connectivity index (χ1) is 27.7. The molecular formula is C47H34N6O4. The van der Waals surface area contributed by atoms with Crippen molar-refractivity contribution in [2.24, 2.45) is 0 Å². The fraction of sp³-hybridized carbons (Fsp3) is 0.149. The Labute approximate surface area is 330 Å². The summed E-state index contributed by atoms with van der Waals surface area (Å²) in [5, 5.41) is 37.4. The maximum absolute atomic E-state index is 9.43. The number of anilines is 2. The molecule has 0 aromatic heterocycles. The topological polar surface area (TPSA) is 139 Å². The number of fused-ring (bicyclic) bond motifs is 2. The van der Waals surface area contributed by atoms with Crippen LogP contribution >= 0.6 is 0 Å². The molecule has 2 aliphatic rings. The molecule has 0 unspecified atom stereocenters. The summed E-state index contributed by atoms with van der Waals surface area (Å²) in [5.41, 5.74) is 7.11. The molecule has 10 nitrogen and oxygen atoms in total. The van der Waals surface area contributed by atoms with Crippen molar-refractivity contribution in [3.63, 3.8) is 0 Å². The molecule has 0 fully saturated rings. The number of hydrogen-bond donors (Lipinski definition) is 0. The first-order valence-corrected chi connectivity index (χ1v) is 18.2. The molecule has 0 bridgehead atoms. The lowest BCUT2D eigenvalue weighted by Gasteiger charge is -2.34. The first-order valence-electron chi connectivity index (χ1n) is 18.2. The van der Waals surface area contributed by atoms with Crippen LogP contribution in [0.1, 0.15) is 58.4 Å². The summed E-state index contributed by atoms with van der Waals surface area (Å²) in [6.45, 7) is 6.48. The molecular weight excluding hydrogens is 713 g/mol. The molecule has 57 heavy (non-hydrogen) atoms. The summed E-state index contributed by atoms with van der Waals surface area (Å²) in [7, 11) is 0. The van der Waals surface area contributed by atoms with E-state index in [0.29, 0.717) is 60.7 Å². The van der Waals surface area contributed by atoms with E-state index >= 15 is 0 Å². The Morgan fingerprint density at radius 2 is 0.912 bits per heavy atom. The molecule has 0 radical (unpaired) electrons. The van der Waals surface area contributed by atoms with Gasteiger partial charge in [0, 0.05) is 53.1 Å². The number of rotatable bonds is 8. The van der Waals surface area contributed by atoms with Gasteiger partial charge in [0.2, 0.25) is 0 Å². The predicted octanol–water partition coefficient (Wildman–Crippen LogP) is 9.80. The van der Waals surface area contributed by atoms with Gasteiger partial charge < -0.3 is 28.7 Å². The van der Waals surface area contributed by atoms with Crippen LogP contribution in [0.2, 0.25) is 0 Å². The largest absolute Gasteiger partial charge is 0.473 e. The van der Waals surface area contributed by atoms with Gasteiger partial charge in [0.1, 0.15) is 58.8 Å². The summed E-state index contributed by atoms with van der Waals surface area (Å²) < 4.78 is 24.6. The molecule has 276 valence electrons. The SMILES string of the molecule is CC(C)(c1ccc2c(c1)CN(c1cccc(Oc3ccc(C#N)c(C#N)c3)c1)CO2)c1ccc2c(c1)CN(c1cccc(Oc3ccc(C#N)c(C#N)c3)c1)CO2. The molecule has 6 aromatic rings. The zero-order valence-electron chi connectivity index (χ0n) is 31.2. The molecule has 0 N–H and O–H groups in total. The van der Waals surface area contributed by atoms with Crippen LogP contribution < -0.4 is 28.7 Å². The van der Waals surface area contributed by atoms with Gasteiger partial charge in [-0.3, -0.25) is 0 Å². The van der Waals surface area contributed by atoms with Gasteiger partial charge in [-0.1, -0.05) is 38.1 Å². The lowest BCUT2D eigenvalue weighted by atomic mass is 9.77. The highest BCUT2D eigenvalue weighted by molar-refractivity contribution is 5.58. The van der Waals surface area contributed by atoms with Gasteiger partial charge in [-0.05, 0) is 96.1 Å². The van der Waals surface area contributed by atoms with Crippen molar-refractivity contribution in [2.75, 3.05) is 23.3 Å². The number of ether oxygens (including phenoxy) is 4. The molecule has 8 rings (SSSR count). The zero-order chi connectivity index (χ0) is 39.5. The van der Waals surface area contributed by atoms with Crippen LogP contribution in [-0.4, -0.2) is 13.5 Å². The van der Waals surface area contributed by atoms with E-state index in [0.717, 1.165) is 45.1 Å². The molecule has 0 saturated heterocycles. The second-order valence-electron chi connectivity index (χ2n) is 14.3. The van der Waals surface area contributed by atoms with Gasteiger partial charge in [0.05, 0.1) is 22.3 Å². The Morgan fingerprint density at radius 1 is 0.491 bits per heavy atom. The number of nitriles is 4. The smallest absolute Gasteiger partial charge is 0.161 e. The Balaban J connectivity index is 0.978. The Morgan fingerprint density at radius 3 is 1.33 bits per heavy atom. The lowest BCUT2D eigenvalue weighted by Crippen LogP contribution is -2.33. The molecule has 10 heteroatoms. The van der Waals surface area contributed by atoms with Crippen LogP contribution in [0.5, 0.6) is 34.5 Å². The average molecular weight is 747 g/mol. The number of nitrogens with zero attached hydrogens (tertiary/aromatic N) is 6. The third-order valence-electron chi connectivity index (χ3n) is 10.3. The van der Waals surface area contributed by atoms with Crippen molar-refractivity contribution >= 4 is 11.4 Å². The van der Waals surface area contributed by atoms with Crippen molar-refractivity contribution < 1.29 is 18.9 Å². The van der Waals surface area contributed by atoms with E-state index in [1.54, 1.807) is 36.4 Å². The van der Waals surface area contributed by atoms with E-state index in [1.807, 2.05) is 60.7 Å². The molecule has 2 heterocycles. The zero-order valence-corrected chi connectivity index (χ0v) is 31.2. The highest BCUT2D eigenvalue weighted by atomic mass is 16.5. The van der Waals surface area contributed by atoms with E-state index in [1.165, 1.54) is 0 Å². The molecule has 0 spiro atoms. The van der Waals surface area contributed by atoms with Crippen molar-refractivity contribution in [3.8, 4) is 58.8 Å². The van der Waals surface area contributed by atoms with Gasteiger partial charge in [-0.2, -0.15) is 21.0 Å². The quantitative estimate of drug-likeness (QED) is 0.148. The standard InChI is InChI=1S/C47H34N6O4/c1-47(2,37-11-15-45-35(17-37)27-52(29-54-45)39-5-3-7-41(21-39)56-43-13-9-31(23-48)33(19-43)25-50)38-12-16-46-36(18-38)28-53(30-55-46)40-6-4-8-42(22-40)57-44-14-10-32(24-49)34(20-44)26-51/h3-22H,27-30H2,1-2H3. The van der Waals surface area contributed by atoms with Crippen LogP contribution in [0.25, 0.3) is 0 Å². The van der Waals surface area contributed by atoms with E-state index in [9.17, 15) is 21.0 Å². The van der Waals surface area contributed by atoms with E-state index in [4.69, 9.17) is 18.9 Å². The van der Waals surface area contributed by atoms with Crippen LogP contribution in [-0.2, 0) is 18.5 Å². The van der Waals surface area contributed by atoms with Gasteiger partial charge in [0.25, 0.3) is 0 Å². The fourth-order valence-corrected chi connectivity index (χ4v) is 7.07. The molecule has 0 aliphatic carbocycles. The second-order valence-corrected chi connectivity index (χ2v) is 14.3. The van der Waals surface area contributed by atoms with Gasteiger partial charge in [-0.15, -0.1) is 0 Å². The molecule has 0 atom stereocenters. The Bertz CT molecular complexity index is 2530. The summed E-state index contributed by atoms with van der Waals surface area (Å²) in [6, 6.07) is 46.1. The maximum Gasteiger partial charge on any atom is 0.161 e. The Hall–Kier alpha value is -7.92. The van der Waals surface area contributed by atoms with Crippen LogP contribution in [0.4, 0.5) is 11.4 Å². The van der Waals surface area contributed by atoms with Crippen LogP contribution in [0.3, 0.4) is 0 Å². The maximum atomic E-state index is 9.43. The van der Waals surface area contributed by atoms with Gasteiger partial charge in [0.15, 0.2) is 13.5 Å². The summed E-state index contributed by atoms with van der Waals surface area (Å²) in [4.78, 5) is 4.29. The normalized spacial score (nSPS) is 12.9. The van der Waals surface area contributed by atoms with Gasteiger partial charge >= 0.3 is 0 Å². The van der Waals surface area contributed by atoms with Crippen molar-refractivity contribution in [1.82, 2.24) is 0 Å². The summed E-state index contributed by atoms with van der Waals surface area (Å²) in [5.74, 6) is 3.88. The van der Waals surface area contributed by atoms with E-state index in [2.05, 4.69) is 72.2 Å². The van der Waals surface area contributed by atoms with Crippen molar-refractivity contribution in [2.45, 2.75) is 32.4 Å². The summed E-state index contributed by atoms with van der Waals surface area (Å²) >= 11 is 0. The first kappa shape index (κ1) is 36.1. The molecule has 2 aliphatic heterocycles. The molecule has 6 aromatic carbocycles. The fourth-order valence-electron chi connectivity index (χ4n) is 7.07. The van der Waals surface area contributed by atoms with Gasteiger partial charge in [-0.25, -0.2) is 0 Å². The number of hydrogen-bond acceptors (Lipinski definition) is 10. The third kappa shape index (κ3) is 7.32. The van der Waals surface area contributed by atoms with Crippen molar-refractivity contribution in [3.05, 3.63) is 166 Å². The van der Waals surface area contributed by atoms with E-state index < -0.39 is 0 Å². The Kier molecular flexibility index (Phi) is 9.54. The minimum Gasteiger partial charge on any atom is -0.473 e. The highest BCUT2D eigenvalue weighted by Gasteiger charge is 2.29. The number of benzene rings is 6. The second kappa shape index (κ2) is 15.1. The third-order valence-corrected chi connectivity index (χ3v) is 10.3. The predicted molar refractivity (Wildman–Crippen MR) is 213 cm³/mol. The molecule has 0 saturated carbocycles. The lowest BCUT2D eigenvalue weighted by molar-refractivity contribution is 0.288. The summed E-state index contributed by atoms with van der Waals surface area (Å²) in [6.07, 6.45) is 0. The monoisotopic (exact) mass is 746 g/mol. The van der Waals surface area contributed by atoms with Crippen LogP contribution in [0.15, 0.2) is 121 Å². The average Bonchev–Trinajstić information content (AvgIpc) is 3.25. The van der Waals surface area contributed by atoms with E-state index in [-0.39, 0.29) is 16.5 Å². The molecule has 0 amide bonds. The minimum atomic E-state index is -0.344.